The summed E-state index contributed by atoms with van der Waals surface area (Å²) in [7, 11) is 5.66. The van der Waals surface area contributed by atoms with E-state index in [1.807, 2.05) is 31.1 Å². The Hall–Kier alpha value is -1.66. The Bertz CT molecular complexity index is 553. The number of nitrogens with one attached hydrogen (secondary N) is 2. The summed E-state index contributed by atoms with van der Waals surface area (Å²) >= 11 is 0. The fraction of sp³-hybridized carbons (Fsp3) is 0.632. The molecule has 2 rings (SSSR count). The van der Waals surface area contributed by atoms with Crippen LogP contribution in [0.2, 0.25) is 0 Å². The first kappa shape index (κ1) is 19.7. The van der Waals surface area contributed by atoms with Crippen LogP contribution in [0.25, 0.3) is 0 Å². The molecule has 1 aliphatic rings. The van der Waals surface area contributed by atoms with Crippen LogP contribution in [0.4, 0.5) is 4.39 Å². The summed E-state index contributed by atoms with van der Waals surface area (Å²) in [6, 6.07) is 5.29. The molecular formula is C19H32FN5. The van der Waals surface area contributed by atoms with Crippen molar-refractivity contribution in [2.75, 3.05) is 47.3 Å². The van der Waals surface area contributed by atoms with Gasteiger partial charge in [-0.05, 0) is 57.7 Å². The lowest BCUT2D eigenvalue weighted by atomic mass is 10.1. The number of guanidine groups is 1. The van der Waals surface area contributed by atoms with Crippen LogP contribution in [-0.2, 0) is 13.1 Å². The first-order chi connectivity index (χ1) is 12.1. The number of piperidine rings is 1. The van der Waals surface area contributed by atoms with Crippen molar-refractivity contribution < 1.29 is 4.39 Å². The van der Waals surface area contributed by atoms with Gasteiger partial charge in [0.2, 0.25) is 0 Å². The Labute approximate surface area is 151 Å². The van der Waals surface area contributed by atoms with E-state index in [9.17, 15) is 4.39 Å². The van der Waals surface area contributed by atoms with Crippen LogP contribution in [0.5, 0.6) is 0 Å². The fourth-order valence-corrected chi connectivity index (χ4v) is 3.12. The van der Waals surface area contributed by atoms with Crippen LogP contribution in [-0.4, -0.2) is 63.1 Å². The molecule has 0 aromatic heterocycles. The van der Waals surface area contributed by atoms with Crippen molar-refractivity contribution in [3.05, 3.63) is 35.1 Å². The van der Waals surface area contributed by atoms with Crippen molar-refractivity contribution >= 4 is 5.96 Å². The zero-order chi connectivity index (χ0) is 18.1. The molecule has 1 aliphatic heterocycles. The van der Waals surface area contributed by atoms with E-state index in [2.05, 4.69) is 20.5 Å². The van der Waals surface area contributed by atoms with E-state index in [4.69, 9.17) is 0 Å². The maximum absolute atomic E-state index is 13.9. The van der Waals surface area contributed by atoms with E-state index in [-0.39, 0.29) is 5.82 Å². The van der Waals surface area contributed by atoms with Crippen molar-refractivity contribution in [3.63, 3.8) is 0 Å². The first-order valence-electron chi connectivity index (χ1n) is 9.17. The standard InChI is InChI=1S/C19H32FN5/c1-21-19(22-9-12-25-10-5-4-6-11-25)23-14-16-7-8-18(20)17(13-16)15-24(2)3/h7-8,13H,4-6,9-12,14-15H2,1-3H3,(H2,21,22,23). The predicted octanol–water partition coefficient (Wildman–Crippen LogP) is 2.04. The number of halogens is 1. The van der Waals surface area contributed by atoms with E-state index in [1.165, 1.54) is 32.4 Å². The molecule has 0 aliphatic carbocycles. The molecule has 0 radical (unpaired) electrons. The van der Waals surface area contributed by atoms with Gasteiger partial charge < -0.3 is 20.4 Å². The van der Waals surface area contributed by atoms with Crippen molar-refractivity contribution in [1.29, 1.82) is 0 Å². The van der Waals surface area contributed by atoms with Gasteiger partial charge in [0.05, 0.1) is 0 Å². The van der Waals surface area contributed by atoms with Crippen molar-refractivity contribution in [2.45, 2.75) is 32.4 Å². The summed E-state index contributed by atoms with van der Waals surface area (Å²) in [4.78, 5) is 8.73. The van der Waals surface area contributed by atoms with Gasteiger partial charge in [-0.3, -0.25) is 4.99 Å². The minimum atomic E-state index is -0.151. The zero-order valence-electron chi connectivity index (χ0n) is 15.8. The lowest BCUT2D eigenvalue weighted by Gasteiger charge is -2.26. The Balaban J connectivity index is 1.78. The molecule has 1 aromatic rings. The van der Waals surface area contributed by atoms with Crippen LogP contribution in [0, 0.1) is 5.82 Å². The van der Waals surface area contributed by atoms with Gasteiger partial charge in [-0.1, -0.05) is 12.5 Å². The highest BCUT2D eigenvalue weighted by atomic mass is 19.1. The molecule has 0 amide bonds. The second-order valence-electron chi connectivity index (χ2n) is 6.92. The van der Waals surface area contributed by atoms with E-state index >= 15 is 0 Å². The molecule has 2 N–H and O–H groups in total. The number of nitrogens with zero attached hydrogens (tertiary/aromatic N) is 3. The number of aliphatic imine (C=N–C) groups is 1. The predicted molar refractivity (Wildman–Crippen MR) is 102 cm³/mol. The third kappa shape index (κ3) is 7.00. The summed E-state index contributed by atoms with van der Waals surface area (Å²) in [5.41, 5.74) is 1.77. The van der Waals surface area contributed by atoms with E-state index in [1.54, 1.807) is 13.1 Å². The highest BCUT2D eigenvalue weighted by Crippen LogP contribution is 2.12. The minimum Gasteiger partial charge on any atom is -0.355 e. The average molecular weight is 349 g/mol. The Morgan fingerprint density at radius 1 is 1.20 bits per heavy atom. The average Bonchev–Trinajstić information content (AvgIpc) is 2.61. The third-order valence-corrected chi connectivity index (χ3v) is 4.45. The van der Waals surface area contributed by atoms with Crippen LogP contribution >= 0.6 is 0 Å². The third-order valence-electron chi connectivity index (χ3n) is 4.45. The van der Waals surface area contributed by atoms with Gasteiger partial charge in [0.25, 0.3) is 0 Å². The van der Waals surface area contributed by atoms with E-state index in [0.717, 1.165) is 30.2 Å². The highest BCUT2D eigenvalue weighted by molar-refractivity contribution is 5.79. The Kier molecular flexibility index (Phi) is 8.15. The molecule has 0 spiro atoms. The number of likely N-dealkylation sites (tertiary alicyclic amines) is 1. The molecule has 25 heavy (non-hydrogen) atoms. The van der Waals surface area contributed by atoms with Crippen molar-refractivity contribution in [3.8, 4) is 0 Å². The van der Waals surface area contributed by atoms with Gasteiger partial charge in [0.1, 0.15) is 5.82 Å². The highest BCUT2D eigenvalue weighted by Gasteiger charge is 2.09. The Morgan fingerprint density at radius 2 is 1.96 bits per heavy atom. The summed E-state index contributed by atoms with van der Waals surface area (Å²) in [6.07, 6.45) is 3.99. The molecule has 1 aromatic carbocycles. The zero-order valence-corrected chi connectivity index (χ0v) is 15.8. The van der Waals surface area contributed by atoms with Gasteiger partial charge in [0.15, 0.2) is 5.96 Å². The topological polar surface area (TPSA) is 42.9 Å². The maximum Gasteiger partial charge on any atom is 0.191 e. The van der Waals surface area contributed by atoms with Crippen molar-refractivity contribution in [1.82, 2.24) is 20.4 Å². The molecule has 140 valence electrons. The SMILES string of the molecule is CN=C(NCCN1CCCCC1)NCc1ccc(F)c(CN(C)C)c1. The summed E-state index contributed by atoms with van der Waals surface area (Å²) < 4.78 is 13.9. The molecule has 0 unspecified atom stereocenters. The molecule has 1 saturated heterocycles. The summed E-state index contributed by atoms with van der Waals surface area (Å²) in [6.45, 7) is 5.57. The van der Waals surface area contributed by atoms with Crippen LogP contribution in [0.1, 0.15) is 30.4 Å². The maximum atomic E-state index is 13.9. The first-order valence-corrected chi connectivity index (χ1v) is 9.17. The molecule has 0 bridgehead atoms. The summed E-state index contributed by atoms with van der Waals surface area (Å²) in [5.74, 6) is 0.636. The fourth-order valence-electron chi connectivity index (χ4n) is 3.12. The molecular weight excluding hydrogens is 317 g/mol. The second kappa shape index (κ2) is 10.4. The van der Waals surface area contributed by atoms with Crippen LogP contribution in [0.3, 0.4) is 0 Å². The molecule has 5 nitrogen and oxygen atoms in total. The number of benzene rings is 1. The normalized spacial score (nSPS) is 16.3. The quantitative estimate of drug-likeness (QED) is 0.584. The molecule has 1 heterocycles. The number of hydrogen-bond donors (Lipinski definition) is 2. The van der Waals surface area contributed by atoms with Crippen molar-refractivity contribution in [2.24, 2.45) is 4.99 Å². The lowest BCUT2D eigenvalue weighted by Crippen LogP contribution is -2.42. The second-order valence-corrected chi connectivity index (χ2v) is 6.92. The van der Waals surface area contributed by atoms with Gasteiger partial charge in [0, 0.05) is 38.8 Å². The van der Waals surface area contributed by atoms with Crippen LogP contribution in [0.15, 0.2) is 23.2 Å². The van der Waals surface area contributed by atoms with Gasteiger partial charge in [-0.25, -0.2) is 4.39 Å². The monoisotopic (exact) mass is 349 g/mol. The van der Waals surface area contributed by atoms with Gasteiger partial charge >= 0.3 is 0 Å². The van der Waals surface area contributed by atoms with Gasteiger partial charge in [-0.2, -0.15) is 0 Å². The minimum absolute atomic E-state index is 0.151. The largest absolute Gasteiger partial charge is 0.355 e. The smallest absolute Gasteiger partial charge is 0.191 e. The van der Waals surface area contributed by atoms with Gasteiger partial charge in [-0.15, -0.1) is 0 Å². The number of hydrogen-bond acceptors (Lipinski definition) is 3. The van der Waals surface area contributed by atoms with E-state index < -0.39 is 0 Å². The lowest BCUT2D eigenvalue weighted by molar-refractivity contribution is 0.232. The Morgan fingerprint density at radius 3 is 2.64 bits per heavy atom. The molecule has 1 fully saturated rings. The molecule has 6 heteroatoms. The summed E-state index contributed by atoms with van der Waals surface area (Å²) in [5, 5.41) is 6.67. The molecule has 0 atom stereocenters. The molecule has 0 saturated carbocycles. The van der Waals surface area contributed by atoms with E-state index in [0.29, 0.717) is 13.1 Å². The number of rotatable bonds is 7. The van der Waals surface area contributed by atoms with Crippen LogP contribution < -0.4 is 10.6 Å².